The quantitative estimate of drug-likeness (QED) is 0.765. The molecule has 0 radical (unpaired) electrons. The van der Waals surface area contributed by atoms with Crippen LogP contribution in [0, 0.1) is 3.57 Å². The third kappa shape index (κ3) is 3.58. The summed E-state index contributed by atoms with van der Waals surface area (Å²) in [4.78, 5) is 16.2. The van der Waals surface area contributed by atoms with Crippen molar-refractivity contribution in [2.45, 2.75) is 0 Å². The molecule has 104 valence electrons. The fourth-order valence-electron chi connectivity index (χ4n) is 2.17. The largest absolute Gasteiger partial charge is 0.507 e. The number of hydrogen-bond acceptors (Lipinski definition) is 4. The van der Waals surface area contributed by atoms with Crippen LogP contribution in [0.3, 0.4) is 0 Å². The molecule has 1 amide bonds. The van der Waals surface area contributed by atoms with Crippen LogP contribution in [-0.2, 0) is 0 Å². The monoisotopic (exact) mass is 376 g/mol. The first-order valence-electron chi connectivity index (χ1n) is 6.23. The lowest BCUT2D eigenvalue weighted by atomic mass is 10.1. The minimum Gasteiger partial charge on any atom is -0.507 e. The molecular weight excluding hydrogens is 359 g/mol. The van der Waals surface area contributed by atoms with Gasteiger partial charge in [0.25, 0.3) is 5.91 Å². The van der Waals surface area contributed by atoms with E-state index in [-0.39, 0.29) is 18.3 Å². The number of carbonyl (C=O) groups excluding carboxylic acids is 1. The lowest BCUT2D eigenvalue weighted by molar-refractivity contribution is 0.0612. The van der Waals surface area contributed by atoms with E-state index in [0.29, 0.717) is 25.2 Å². The maximum absolute atomic E-state index is 12.3. The predicted molar refractivity (Wildman–Crippen MR) is 80.3 cm³/mol. The molecule has 2 N–H and O–H groups in total. The van der Waals surface area contributed by atoms with E-state index in [9.17, 15) is 9.90 Å². The van der Waals surface area contributed by atoms with Gasteiger partial charge in [-0.1, -0.05) is 0 Å². The highest BCUT2D eigenvalue weighted by atomic mass is 127. The van der Waals surface area contributed by atoms with Gasteiger partial charge >= 0.3 is 0 Å². The average molecular weight is 376 g/mol. The normalized spacial score (nSPS) is 16.6. The summed E-state index contributed by atoms with van der Waals surface area (Å²) in [5, 5.41) is 18.7. The number of aromatic hydroxyl groups is 1. The summed E-state index contributed by atoms with van der Waals surface area (Å²) >= 11 is 2.12. The van der Waals surface area contributed by atoms with E-state index >= 15 is 0 Å². The van der Waals surface area contributed by atoms with E-state index in [4.69, 9.17) is 5.11 Å². The van der Waals surface area contributed by atoms with Crippen molar-refractivity contribution in [3.63, 3.8) is 0 Å². The van der Waals surface area contributed by atoms with E-state index in [1.54, 1.807) is 23.1 Å². The van der Waals surface area contributed by atoms with Gasteiger partial charge in [0, 0.05) is 36.3 Å². The van der Waals surface area contributed by atoms with Crippen LogP contribution >= 0.6 is 22.6 Å². The highest BCUT2D eigenvalue weighted by Gasteiger charge is 2.23. The van der Waals surface area contributed by atoms with Crippen molar-refractivity contribution < 1.29 is 15.0 Å². The number of amides is 1. The molecule has 1 heterocycles. The number of phenolic OH excluding ortho intramolecular Hbond substituents is 1. The van der Waals surface area contributed by atoms with Gasteiger partial charge in [0.2, 0.25) is 0 Å². The first kappa shape index (κ1) is 14.5. The summed E-state index contributed by atoms with van der Waals surface area (Å²) in [6, 6.07) is 5.03. The van der Waals surface area contributed by atoms with Crippen LogP contribution in [0.4, 0.5) is 0 Å². The first-order chi connectivity index (χ1) is 9.11. The number of benzene rings is 1. The molecule has 1 saturated heterocycles. The molecule has 1 aliphatic rings. The number of aliphatic hydroxyl groups is 1. The van der Waals surface area contributed by atoms with Crippen molar-refractivity contribution in [3.8, 4) is 5.75 Å². The molecule has 0 aromatic heterocycles. The number of β-amino-alcohol motifs (C(OH)–C–C–N with tert-alkyl or cyclic N) is 1. The summed E-state index contributed by atoms with van der Waals surface area (Å²) in [5.74, 6) is -0.0946. The molecule has 1 fully saturated rings. The maximum Gasteiger partial charge on any atom is 0.257 e. The van der Waals surface area contributed by atoms with Gasteiger partial charge in [0.1, 0.15) is 5.75 Å². The minimum absolute atomic E-state index is 0.0307. The Morgan fingerprint density at radius 2 is 1.95 bits per heavy atom. The Morgan fingerprint density at radius 1 is 1.26 bits per heavy atom. The second-order valence-electron chi connectivity index (χ2n) is 4.52. The number of rotatable bonds is 3. The van der Waals surface area contributed by atoms with E-state index in [1.165, 1.54) is 0 Å². The summed E-state index contributed by atoms with van der Waals surface area (Å²) < 4.78 is 0.928. The Kier molecular flexibility index (Phi) is 5.00. The third-order valence-corrected chi connectivity index (χ3v) is 3.94. The number of nitrogens with zero attached hydrogens (tertiary/aromatic N) is 2. The fraction of sp³-hybridized carbons (Fsp3) is 0.462. The lowest BCUT2D eigenvalue weighted by Gasteiger charge is -2.34. The molecule has 5 nitrogen and oxygen atoms in total. The molecule has 0 unspecified atom stereocenters. The zero-order valence-corrected chi connectivity index (χ0v) is 12.7. The smallest absolute Gasteiger partial charge is 0.257 e. The van der Waals surface area contributed by atoms with Crippen molar-refractivity contribution >= 4 is 28.5 Å². The number of phenols is 1. The molecule has 1 aromatic rings. The Balaban J connectivity index is 2.03. The second-order valence-corrected chi connectivity index (χ2v) is 5.76. The van der Waals surface area contributed by atoms with Crippen LogP contribution in [0.25, 0.3) is 0 Å². The van der Waals surface area contributed by atoms with Crippen LogP contribution in [0.1, 0.15) is 10.4 Å². The van der Waals surface area contributed by atoms with Gasteiger partial charge in [-0.05, 0) is 40.8 Å². The van der Waals surface area contributed by atoms with E-state index in [1.807, 2.05) is 0 Å². The van der Waals surface area contributed by atoms with E-state index in [0.717, 1.165) is 16.7 Å². The van der Waals surface area contributed by atoms with E-state index in [2.05, 4.69) is 27.5 Å². The van der Waals surface area contributed by atoms with Gasteiger partial charge in [-0.3, -0.25) is 9.69 Å². The molecule has 19 heavy (non-hydrogen) atoms. The Bertz CT molecular complexity index is 459. The molecule has 0 aliphatic carbocycles. The van der Waals surface area contributed by atoms with Gasteiger partial charge in [-0.25, -0.2) is 0 Å². The van der Waals surface area contributed by atoms with Crippen LogP contribution < -0.4 is 0 Å². The number of aliphatic hydroxyl groups excluding tert-OH is 1. The SMILES string of the molecule is O=C(c1cc(I)ccc1O)N1CCN(CCO)CC1. The Hall–Kier alpha value is -0.860. The van der Waals surface area contributed by atoms with Crippen molar-refractivity contribution in [2.75, 3.05) is 39.3 Å². The average Bonchev–Trinajstić information content (AvgIpc) is 2.42. The standard InChI is InChI=1S/C13H17IN2O3/c14-10-1-2-12(18)11(9-10)13(19)16-5-3-15(4-6-16)7-8-17/h1-2,9,17-18H,3-8H2. The van der Waals surface area contributed by atoms with Crippen LogP contribution in [0.2, 0.25) is 0 Å². The summed E-state index contributed by atoms with van der Waals surface area (Å²) in [5.41, 5.74) is 0.363. The second kappa shape index (κ2) is 6.53. The number of halogens is 1. The molecule has 6 heteroatoms. The topological polar surface area (TPSA) is 64.0 Å². The van der Waals surface area contributed by atoms with Crippen molar-refractivity contribution in [3.05, 3.63) is 27.3 Å². The minimum atomic E-state index is -0.125. The van der Waals surface area contributed by atoms with Crippen molar-refractivity contribution in [1.82, 2.24) is 9.80 Å². The number of carbonyl (C=O) groups is 1. The summed E-state index contributed by atoms with van der Waals surface area (Å²) in [6.07, 6.45) is 0. The molecule has 0 saturated carbocycles. The Morgan fingerprint density at radius 3 is 2.58 bits per heavy atom. The number of hydrogen-bond donors (Lipinski definition) is 2. The highest BCUT2D eigenvalue weighted by molar-refractivity contribution is 14.1. The van der Waals surface area contributed by atoms with Gasteiger partial charge in [0.15, 0.2) is 0 Å². The third-order valence-electron chi connectivity index (χ3n) is 3.26. The van der Waals surface area contributed by atoms with E-state index < -0.39 is 0 Å². The fourth-order valence-corrected chi connectivity index (χ4v) is 2.66. The first-order valence-corrected chi connectivity index (χ1v) is 7.30. The van der Waals surface area contributed by atoms with Crippen LogP contribution in [0.15, 0.2) is 18.2 Å². The summed E-state index contributed by atoms with van der Waals surface area (Å²) in [7, 11) is 0. The van der Waals surface area contributed by atoms with Gasteiger partial charge in [-0.15, -0.1) is 0 Å². The molecule has 0 atom stereocenters. The van der Waals surface area contributed by atoms with Gasteiger partial charge < -0.3 is 15.1 Å². The molecule has 1 aliphatic heterocycles. The lowest BCUT2D eigenvalue weighted by Crippen LogP contribution is -2.49. The van der Waals surface area contributed by atoms with Gasteiger partial charge in [-0.2, -0.15) is 0 Å². The van der Waals surface area contributed by atoms with Gasteiger partial charge in [0.05, 0.1) is 12.2 Å². The molecule has 2 rings (SSSR count). The molecule has 0 bridgehead atoms. The predicted octanol–water partition coefficient (Wildman–Crippen LogP) is 0.747. The molecule has 1 aromatic carbocycles. The van der Waals surface area contributed by atoms with Crippen molar-refractivity contribution in [2.24, 2.45) is 0 Å². The zero-order chi connectivity index (χ0) is 13.8. The molecule has 0 spiro atoms. The highest BCUT2D eigenvalue weighted by Crippen LogP contribution is 2.21. The maximum atomic E-state index is 12.3. The summed E-state index contributed by atoms with van der Waals surface area (Å²) in [6.45, 7) is 3.57. The van der Waals surface area contributed by atoms with Crippen molar-refractivity contribution in [1.29, 1.82) is 0 Å². The van der Waals surface area contributed by atoms with Crippen LogP contribution in [-0.4, -0.2) is 65.3 Å². The Labute approximate surface area is 126 Å². The number of piperazine rings is 1. The molecular formula is C13H17IN2O3. The van der Waals surface area contributed by atoms with Crippen LogP contribution in [0.5, 0.6) is 5.75 Å². The zero-order valence-electron chi connectivity index (χ0n) is 10.5.